The largest absolute Gasteiger partial charge is 0.466 e. The molecule has 1 unspecified atom stereocenters. The van der Waals surface area contributed by atoms with Crippen LogP contribution >= 0.6 is 0 Å². The van der Waals surface area contributed by atoms with Gasteiger partial charge in [0, 0.05) is 0 Å². The number of ether oxygens (including phenoxy) is 1. The highest BCUT2D eigenvalue weighted by Crippen LogP contribution is 2.19. The van der Waals surface area contributed by atoms with Gasteiger partial charge >= 0.3 is 5.97 Å². The van der Waals surface area contributed by atoms with Crippen molar-refractivity contribution in [1.29, 1.82) is 0 Å². The molecule has 6 heteroatoms. The van der Waals surface area contributed by atoms with Gasteiger partial charge in [0.1, 0.15) is 0 Å². The first-order valence-corrected chi connectivity index (χ1v) is 8.64. The first kappa shape index (κ1) is 18.4. The highest BCUT2D eigenvalue weighted by Gasteiger charge is 2.22. The Kier molecular flexibility index (Phi) is 9.01. The van der Waals surface area contributed by atoms with Crippen LogP contribution in [0.15, 0.2) is 0 Å². The summed E-state index contributed by atoms with van der Waals surface area (Å²) in [6, 6.07) is 0. The minimum Gasteiger partial charge on any atom is -0.466 e. The zero-order chi connectivity index (χ0) is 14.9. The average Bonchev–Trinajstić information content (AvgIpc) is 2.24. The van der Waals surface area contributed by atoms with Crippen LogP contribution in [0.25, 0.3) is 0 Å². The Bertz CT molecular complexity index is 350. The Balaban J connectivity index is 4.45. The lowest BCUT2D eigenvalue weighted by Gasteiger charge is -2.19. The van der Waals surface area contributed by atoms with Crippen LogP contribution in [0.2, 0.25) is 0 Å². The highest BCUT2D eigenvalue weighted by molar-refractivity contribution is 7.86. The highest BCUT2D eigenvalue weighted by atomic mass is 32.2. The molecule has 0 N–H and O–H groups in total. The van der Waals surface area contributed by atoms with Gasteiger partial charge in [0.2, 0.25) is 0 Å². The fourth-order valence-corrected chi connectivity index (χ4v) is 2.57. The van der Waals surface area contributed by atoms with E-state index in [9.17, 15) is 13.2 Å². The van der Waals surface area contributed by atoms with Gasteiger partial charge in [-0.05, 0) is 19.3 Å². The number of esters is 1. The molecule has 0 bridgehead atoms. The molecule has 2 atom stereocenters. The number of hydrogen-bond acceptors (Lipinski definition) is 5. The van der Waals surface area contributed by atoms with Crippen molar-refractivity contribution in [3.8, 4) is 0 Å². The number of hydrogen-bond donors (Lipinski definition) is 0. The van der Waals surface area contributed by atoms with E-state index < -0.39 is 22.2 Å². The number of unbranched alkanes of at least 4 members (excludes halogenated alkanes) is 1. The van der Waals surface area contributed by atoms with Gasteiger partial charge in [-0.15, -0.1) is 0 Å². The minimum absolute atomic E-state index is 0.0165. The van der Waals surface area contributed by atoms with Gasteiger partial charge in [-0.2, -0.15) is 8.42 Å². The quantitative estimate of drug-likeness (QED) is 0.457. The predicted octanol–water partition coefficient (Wildman–Crippen LogP) is 2.50. The van der Waals surface area contributed by atoms with Gasteiger partial charge in [-0.25, -0.2) is 0 Å². The summed E-state index contributed by atoms with van der Waals surface area (Å²) in [6.07, 6.45) is 4.10. The maximum Gasteiger partial charge on any atom is 0.308 e. The topological polar surface area (TPSA) is 69.7 Å². The van der Waals surface area contributed by atoms with E-state index in [0.29, 0.717) is 12.3 Å². The van der Waals surface area contributed by atoms with Gasteiger partial charge in [-0.3, -0.25) is 8.98 Å². The first-order chi connectivity index (χ1) is 8.78. The van der Waals surface area contributed by atoms with Crippen LogP contribution in [0.4, 0.5) is 0 Å². The molecular formula is C13H26O5S. The predicted molar refractivity (Wildman–Crippen MR) is 74.3 cm³/mol. The third-order valence-corrected chi connectivity index (χ3v) is 3.35. The second-order valence-electron chi connectivity index (χ2n) is 4.91. The third kappa shape index (κ3) is 10.9. The van der Waals surface area contributed by atoms with Crippen LogP contribution in [-0.2, 0) is 23.8 Å². The summed E-state index contributed by atoms with van der Waals surface area (Å²) in [5, 5.41) is 0. The molecule has 19 heavy (non-hydrogen) atoms. The standard InChI is InChI=1S/C13H26O5S/c1-5-7-8-11(3)9-12(18-19(4,15)16)10-13(14)17-6-2/h11-12H,5-10H2,1-4H3/t11-,12?/m1/s1. The van der Waals surface area contributed by atoms with E-state index in [1.54, 1.807) is 6.92 Å². The molecule has 0 aromatic carbocycles. The summed E-state index contributed by atoms with van der Waals surface area (Å²) >= 11 is 0. The van der Waals surface area contributed by atoms with Crippen LogP contribution in [0, 0.1) is 5.92 Å². The smallest absolute Gasteiger partial charge is 0.308 e. The van der Waals surface area contributed by atoms with Crippen molar-refractivity contribution in [1.82, 2.24) is 0 Å². The maximum absolute atomic E-state index is 11.4. The summed E-state index contributed by atoms with van der Waals surface area (Å²) in [7, 11) is -3.56. The second kappa shape index (κ2) is 9.31. The van der Waals surface area contributed by atoms with Gasteiger partial charge in [0.25, 0.3) is 10.1 Å². The Labute approximate surface area is 116 Å². The van der Waals surface area contributed by atoms with Crippen molar-refractivity contribution in [3.63, 3.8) is 0 Å². The molecule has 0 spiro atoms. The summed E-state index contributed by atoms with van der Waals surface area (Å²) in [4.78, 5) is 11.4. The van der Waals surface area contributed by atoms with Crippen LogP contribution in [0.1, 0.15) is 52.9 Å². The van der Waals surface area contributed by atoms with Crippen molar-refractivity contribution in [2.24, 2.45) is 5.92 Å². The molecule has 0 aromatic heterocycles. The van der Waals surface area contributed by atoms with Crippen LogP contribution in [0.3, 0.4) is 0 Å². The fourth-order valence-electron chi connectivity index (χ4n) is 1.93. The van der Waals surface area contributed by atoms with E-state index >= 15 is 0 Å². The van der Waals surface area contributed by atoms with Crippen LogP contribution in [-0.4, -0.2) is 33.4 Å². The fraction of sp³-hybridized carbons (Fsp3) is 0.923. The molecular weight excluding hydrogens is 268 g/mol. The van der Waals surface area contributed by atoms with E-state index in [-0.39, 0.29) is 13.0 Å². The molecule has 0 aliphatic carbocycles. The van der Waals surface area contributed by atoms with E-state index in [2.05, 4.69) is 6.92 Å². The Morgan fingerprint density at radius 1 is 1.26 bits per heavy atom. The molecule has 0 aliphatic heterocycles. The van der Waals surface area contributed by atoms with E-state index in [1.165, 1.54) is 0 Å². The second-order valence-corrected chi connectivity index (χ2v) is 6.52. The average molecular weight is 294 g/mol. The van der Waals surface area contributed by atoms with Crippen molar-refractivity contribution in [2.45, 2.75) is 59.0 Å². The number of carbonyl (C=O) groups excluding carboxylic acids is 1. The molecule has 0 aliphatic rings. The summed E-state index contributed by atoms with van der Waals surface area (Å²) in [6.45, 7) is 6.15. The Morgan fingerprint density at radius 2 is 1.89 bits per heavy atom. The van der Waals surface area contributed by atoms with E-state index in [0.717, 1.165) is 25.5 Å². The van der Waals surface area contributed by atoms with Gasteiger partial charge in [-0.1, -0.05) is 33.1 Å². The molecule has 5 nitrogen and oxygen atoms in total. The lowest BCUT2D eigenvalue weighted by Crippen LogP contribution is -2.24. The normalized spacial score (nSPS) is 14.9. The van der Waals surface area contributed by atoms with Crippen molar-refractivity contribution >= 4 is 16.1 Å². The maximum atomic E-state index is 11.4. The lowest BCUT2D eigenvalue weighted by atomic mass is 9.96. The Hall–Kier alpha value is -0.620. The molecule has 0 amide bonds. The summed E-state index contributed by atoms with van der Waals surface area (Å²) in [5.41, 5.74) is 0. The van der Waals surface area contributed by atoms with Gasteiger partial charge < -0.3 is 4.74 Å². The zero-order valence-corrected chi connectivity index (χ0v) is 13.2. The summed E-state index contributed by atoms with van der Waals surface area (Å²) in [5.74, 6) is -0.0973. The van der Waals surface area contributed by atoms with Gasteiger partial charge in [0.05, 0.1) is 25.4 Å². The molecule has 0 aromatic rings. The molecule has 0 fully saturated rings. The first-order valence-electron chi connectivity index (χ1n) is 6.82. The Morgan fingerprint density at radius 3 is 2.37 bits per heavy atom. The number of rotatable bonds is 10. The van der Waals surface area contributed by atoms with Gasteiger partial charge in [0.15, 0.2) is 0 Å². The zero-order valence-electron chi connectivity index (χ0n) is 12.3. The molecule has 0 saturated carbocycles. The van der Waals surface area contributed by atoms with E-state index in [4.69, 9.17) is 8.92 Å². The monoisotopic (exact) mass is 294 g/mol. The molecule has 0 heterocycles. The minimum atomic E-state index is -3.56. The van der Waals surface area contributed by atoms with Crippen LogP contribution in [0.5, 0.6) is 0 Å². The third-order valence-electron chi connectivity index (χ3n) is 2.73. The molecule has 114 valence electrons. The van der Waals surface area contributed by atoms with Crippen LogP contribution < -0.4 is 0 Å². The van der Waals surface area contributed by atoms with E-state index in [1.807, 2.05) is 6.92 Å². The molecule has 0 saturated heterocycles. The van der Waals surface area contributed by atoms with Crippen molar-refractivity contribution in [2.75, 3.05) is 12.9 Å². The number of carbonyl (C=O) groups is 1. The lowest BCUT2D eigenvalue weighted by molar-refractivity contribution is -0.145. The molecule has 0 rings (SSSR count). The summed E-state index contributed by atoms with van der Waals surface area (Å²) < 4.78 is 32.2. The molecule has 0 radical (unpaired) electrons. The SMILES string of the molecule is CCCC[C@@H](C)CC(CC(=O)OCC)OS(C)(=O)=O. The van der Waals surface area contributed by atoms with Crippen molar-refractivity contribution < 1.29 is 22.1 Å². The van der Waals surface area contributed by atoms with Crippen molar-refractivity contribution in [3.05, 3.63) is 0 Å².